The first-order chi connectivity index (χ1) is 11.7. The van der Waals surface area contributed by atoms with Crippen LogP contribution in [0.1, 0.15) is 5.56 Å². The first-order valence-electron chi connectivity index (χ1n) is 7.72. The van der Waals surface area contributed by atoms with E-state index in [-0.39, 0.29) is 0 Å². The third-order valence-electron chi connectivity index (χ3n) is 3.69. The highest BCUT2D eigenvalue weighted by Gasteiger charge is 2.05. The molecule has 0 fully saturated rings. The van der Waals surface area contributed by atoms with Crippen molar-refractivity contribution in [3.8, 4) is 5.75 Å². The van der Waals surface area contributed by atoms with E-state index >= 15 is 0 Å². The summed E-state index contributed by atoms with van der Waals surface area (Å²) >= 11 is 6.23. The molecule has 0 saturated heterocycles. The zero-order chi connectivity index (χ0) is 16.9. The number of fused-ring (bicyclic) bond motifs is 1. The standard InChI is InChI=1S/C19H19ClN2O2/c1-13-12-15(24-11-10-23-2)7-8-17(13)21-18-9-6-14-4-3-5-16(20)19(14)22-18/h3-9,12H,10-11H2,1-2H3,(H,21,22). The van der Waals surface area contributed by atoms with Crippen molar-refractivity contribution in [2.24, 2.45) is 0 Å². The lowest BCUT2D eigenvalue weighted by Gasteiger charge is -2.12. The molecule has 0 spiro atoms. The molecule has 24 heavy (non-hydrogen) atoms. The minimum absolute atomic E-state index is 0.535. The molecular formula is C19H19ClN2O2. The molecule has 0 aliphatic rings. The number of hydrogen-bond acceptors (Lipinski definition) is 4. The van der Waals surface area contributed by atoms with Gasteiger partial charge in [-0.2, -0.15) is 0 Å². The van der Waals surface area contributed by atoms with Crippen LogP contribution >= 0.6 is 11.6 Å². The quantitative estimate of drug-likeness (QED) is 0.642. The molecule has 0 radical (unpaired) electrons. The number of nitrogens with one attached hydrogen (secondary N) is 1. The third kappa shape index (κ3) is 3.78. The second-order valence-corrected chi connectivity index (χ2v) is 5.86. The molecule has 3 aromatic rings. The Morgan fingerprint density at radius 3 is 2.75 bits per heavy atom. The Labute approximate surface area is 146 Å². The number of pyridine rings is 1. The zero-order valence-electron chi connectivity index (χ0n) is 13.7. The average Bonchev–Trinajstić information content (AvgIpc) is 2.58. The van der Waals surface area contributed by atoms with Crippen molar-refractivity contribution in [1.29, 1.82) is 0 Å². The summed E-state index contributed by atoms with van der Waals surface area (Å²) in [5, 5.41) is 5.00. The normalized spacial score (nSPS) is 10.8. The van der Waals surface area contributed by atoms with Gasteiger partial charge in [0.15, 0.2) is 0 Å². The molecule has 4 nitrogen and oxygen atoms in total. The van der Waals surface area contributed by atoms with Crippen LogP contribution in [0.5, 0.6) is 5.75 Å². The predicted molar refractivity (Wildman–Crippen MR) is 98.6 cm³/mol. The molecule has 1 heterocycles. The van der Waals surface area contributed by atoms with E-state index in [1.165, 1.54) is 0 Å². The van der Waals surface area contributed by atoms with E-state index < -0.39 is 0 Å². The van der Waals surface area contributed by atoms with Gasteiger partial charge in [-0.3, -0.25) is 0 Å². The van der Waals surface area contributed by atoms with E-state index in [0.29, 0.717) is 18.2 Å². The van der Waals surface area contributed by atoms with Gasteiger partial charge in [0.25, 0.3) is 0 Å². The van der Waals surface area contributed by atoms with Crippen molar-refractivity contribution in [3.05, 3.63) is 59.1 Å². The summed E-state index contributed by atoms with van der Waals surface area (Å²) in [5.41, 5.74) is 2.85. The molecule has 0 amide bonds. The monoisotopic (exact) mass is 342 g/mol. The number of methoxy groups -OCH3 is 1. The molecule has 0 saturated carbocycles. The van der Waals surface area contributed by atoms with E-state index in [4.69, 9.17) is 21.1 Å². The van der Waals surface area contributed by atoms with E-state index in [2.05, 4.69) is 10.3 Å². The molecule has 0 bridgehead atoms. The first kappa shape index (κ1) is 16.6. The lowest BCUT2D eigenvalue weighted by Crippen LogP contribution is -2.04. The smallest absolute Gasteiger partial charge is 0.131 e. The number of halogens is 1. The average molecular weight is 343 g/mol. The largest absolute Gasteiger partial charge is 0.491 e. The van der Waals surface area contributed by atoms with E-state index in [9.17, 15) is 0 Å². The van der Waals surface area contributed by atoms with Gasteiger partial charge in [0.05, 0.1) is 17.1 Å². The Morgan fingerprint density at radius 2 is 1.96 bits per heavy atom. The summed E-state index contributed by atoms with van der Waals surface area (Å²) in [6, 6.07) is 15.6. The van der Waals surface area contributed by atoms with Crippen LogP contribution < -0.4 is 10.1 Å². The van der Waals surface area contributed by atoms with Gasteiger partial charge in [-0.25, -0.2) is 4.98 Å². The molecule has 0 unspecified atom stereocenters. The summed E-state index contributed by atoms with van der Waals surface area (Å²) < 4.78 is 10.6. The van der Waals surface area contributed by atoms with Crippen LogP contribution in [-0.4, -0.2) is 25.3 Å². The summed E-state index contributed by atoms with van der Waals surface area (Å²) in [5.74, 6) is 1.58. The Bertz CT molecular complexity index is 852. The molecule has 3 rings (SSSR count). The highest BCUT2D eigenvalue weighted by molar-refractivity contribution is 6.35. The van der Waals surface area contributed by atoms with Crippen molar-refractivity contribution < 1.29 is 9.47 Å². The predicted octanol–water partition coefficient (Wildman–Crippen LogP) is 4.97. The lowest BCUT2D eigenvalue weighted by atomic mass is 10.2. The van der Waals surface area contributed by atoms with E-state index in [1.54, 1.807) is 7.11 Å². The van der Waals surface area contributed by atoms with E-state index in [0.717, 1.165) is 33.7 Å². The van der Waals surface area contributed by atoms with Gasteiger partial charge < -0.3 is 14.8 Å². The van der Waals surface area contributed by atoms with Crippen molar-refractivity contribution in [2.75, 3.05) is 25.6 Å². The number of nitrogens with zero attached hydrogens (tertiary/aromatic N) is 1. The van der Waals surface area contributed by atoms with Gasteiger partial charge in [-0.05, 0) is 48.9 Å². The Kier molecular flexibility index (Phi) is 5.18. The number of hydrogen-bond donors (Lipinski definition) is 1. The number of aromatic nitrogens is 1. The highest BCUT2D eigenvalue weighted by atomic mass is 35.5. The van der Waals surface area contributed by atoms with Crippen molar-refractivity contribution >= 4 is 34.0 Å². The lowest BCUT2D eigenvalue weighted by molar-refractivity contribution is 0.146. The topological polar surface area (TPSA) is 43.4 Å². The van der Waals surface area contributed by atoms with Crippen LogP contribution in [0.3, 0.4) is 0 Å². The molecule has 0 aliphatic carbocycles. The third-order valence-corrected chi connectivity index (χ3v) is 3.99. The minimum atomic E-state index is 0.535. The van der Waals surface area contributed by atoms with E-state index in [1.807, 2.05) is 55.5 Å². The van der Waals surface area contributed by atoms with Crippen LogP contribution in [0.4, 0.5) is 11.5 Å². The Hall–Kier alpha value is -2.30. The van der Waals surface area contributed by atoms with Gasteiger partial charge in [0, 0.05) is 18.2 Å². The van der Waals surface area contributed by atoms with Crippen molar-refractivity contribution in [2.45, 2.75) is 6.92 Å². The molecule has 0 atom stereocenters. The second kappa shape index (κ2) is 7.51. The summed E-state index contributed by atoms with van der Waals surface area (Å²) in [6.07, 6.45) is 0. The van der Waals surface area contributed by atoms with Crippen LogP contribution in [0.15, 0.2) is 48.5 Å². The maximum atomic E-state index is 6.23. The number of rotatable bonds is 6. The maximum Gasteiger partial charge on any atom is 0.131 e. The van der Waals surface area contributed by atoms with Gasteiger partial charge in [-0.1, -0.05) is 23.7 Å². The van der Waals surface area contributed by atoms with Crippen LogP contribution in [-0.2, 0) is 4.74 Å². The van der Waals surface area contributed by atoms with Gasteiger partial charge in [0.1, 0.15) is 18.2 Å². The number of para-hydroxylation sites is 1. The van der Waals surface area contributed by atoms with Crippen molar-refractivity contribution in [1.82, 2.24) is 4.98 Å². The molecule has 5 heteroatoms. The molecule has 1 N–H and O–H groups in total. The van der Waals surface area contributed by atoms with Gasteiger partial charge in [0.2, 0.25) is 0 Å². The molecular weight excluding hydrogens is 324 g/mol. The fourth-order valence-electron chi connectivity index (χ4n) is 2.43. The summed E-state index contributed by atoms with van der Waals surface area (Å²) in [6.45, 7) is 3.13. The number of aryl methyl sites for hydroxylation is 1. The van der Waals surface area contributed by atoms with Gasteiger partial charge in [-0.15, -0.1) is 0 Å². The molecule has 124 valence electrons. The first-order valence-corrected chi connectivity index (χ1v) is 8.10. The molecule has 2 aromatic carbocycles. The van der Waals surface area contributed by atoms with Crippen LogP contribution in [0.2, 0.25) is 5.02 Å². The van der Waals surface area contributed by atoms with Gasteiger partial charge >= 0.3 is 0 Å². The maximum absolute atomic E-state index is 6.23. The summed E-state index contributed by atoms with van der Waals surface area (Å²) in [4.78, 5) is 4.60. The molecule has 0 aliphatic heterocycles. The number of anilines is 2. The van der Waals surface area contributed by atoms with Crippen LogP contribution in [0.25, 0.3) is 10.9 Å². The fourth-order valence-corrected chi connectivity index (χ4v) is 2.65. The van der Waals surface area contributed by atoms with Crippen LogP contribution in [0, 0.1) is 6.92 Å². The Morgan fingerprint density at radius 1 is 1.08 bits per heavy atom. The number of ether oxygens (including phenoxy) is 2. The second-order valence-electron chi connectivity index (χ2n) is 5.45. The Balaban J connectivity index is 1.79. The highest BCUT2D eigenvalue weighted by Crippen LogP contribution is 2.27. The van der Waals surface area contributed by atoms with Crippen molar-refractivity contribution in [3.63, 3.8) is 0 Å². The fraction of sp³-hybridized carbons (Fsp3) is 0.211. The SMILES string of the molecule is COCCOc1ccc(Nc2ccc3cccc(Cl)c3n2)c(C)c1. The minimum Gasteiger partial charge on any atom is -0.491 e. The molecule has 1 aromatic heterocycles. The zero-order valence-corrected chi connectivity index (χ0v) is 14.4. The summed E-state index contributed by atoms with van der Waals surface area (Å²) in [7, 11) is 1.66. The number of benzene rings is 2.